The fourth-order valence-corrected chi connectivity index (χ4v) is 1.40. The Morgan fingerprint density at radius 1 is 1.29 bits per heavy atom. The van der Waals surface area contributed by atoms with Crippen molar-refractivity contribution in [3.63, 3.8) is 0 Å². The van der Waals surface area contributed by atoms with Gasteiger partial charge in [0.25, 0.3) is 0 Å². The Morgan fingerprint density at radius 3 is 2.71 bits per heavy atom. The molecule has 0 bridgehead atoms. The van der Waals surface area contributed by atoms with Gasteiger partial charge >= 0.3 is 0 Å². The van der Waals surface area contributed by atoms with Crippen molar-refractivity contribution in [1.29, 1.82) is 0 Å². The first-order chi connectivity index (χ1) is 6.75. The van der Waals surface area contributed by atoms with Gasteiger partial charge in [-0.25, -0.2) is 4.98 Å². The van der Waals surface area contributed by atoms with Crippen LogP contribution in [0.2, 0.25) is 0 Å². The van der Waals surface area contributed by atoms with Crippen molar-refractivity contribution < 1.29 is 5.11 Å². The van der Waals surface area contributed by atoms with Crippen molar-refractivity contribution in [3.05, 3.63) is 36.2 Å². The number of para-hydroxylation sites is 2. The lowest BCUT2D eigenvalue weighted by Gasteiger charge is -2.03. The van der Waals surface area contributed by atoms with E-state index in [9.17, 15) is 5.11 Å². The van der Waals surface area contributed by atoms with Crippen LogP contribution in [-0.2, 0) is 6.42 Å². The summed E-state index contributed by atoms with van der Waals surface area (Å²) < 4.78 is 0. The summed E-state index contributed by atoms with van der Waals surface area (Å²) in [6.07, 6.45) is 1.90. The summed E-state index contributed by atoms with van der Waals surface area (Å²) in [7, 11) is 0. The van der Waals surface area contributed by atoms with Crippen LogP contribution >= 0.6 is 0 Å². The number of aliphatic hydroxyl groups excluding tert-OH is 1. The maximum atomic E-state index is 9.21. The molecule has 1 N–H and O–H groups in total. The number of benzene rings is 1. The van der Waals surface area contributed by atoms with E-state index in [4.69, 9.17) is 0 Å². The minimum absolute atomic E-state index is 0.370. The van der Waals surface area contributed by atoms with Crippen LogP contribution in [0.5, 0.6) is 0 Å². The Balaban J connectivity index is 2.41. The van der Waals surface area contributed by atoms with Gasteiger partial charge in [0.2, 0.25) is 0 Å². The van der Waals surface area contributed by atoms with Gasteiger partial charge in [-0.2, -0.15) is 0 Å². The summed E-state index contributed by atoms with van der Waals surface area (Å²) in [5, 5.41) is 9.21. The summed E-state index contributed by atoms with van der Waals surface area (Å²) in [6.45, 7) is 1.75. The molecule has 0 spiro atoms. The number of aromatic nitrogens is 2. The third-order valence-electron chi connectivity index (χ3n) is 2.00. The van der Waals surface area contributed by atoms with E-state index in [1.165, 1.54) is 0 Å². The normalized spacial score (nSPS) is 13.0. The fourth-order valence-electron chi connectivity index (χ4n) is 1.40. The highest BCUT2D eigenvalue weighted by Crippen LogP contribution is 2.09. The molecule has 1 aromatic carbocycles. The molecular weight excluding hydrogens is 176 g/mol. The van der Waals surface area contributed by atoms with Gasteiger partial charge in [-0.3, -0.25) is 4.98 Å². The van der Waals surface area contributed by atoms with Crippen LogP contribution in [0.3, 0.4) is 0 Å². The molecule has 1 atom stereocenters. The molecular formula is C11H12N2O. The smallest absolute Gasteiger partial charge is 0.0890 e. The molecule has 0 amide bonds. The predicted molar refractivity (Wildman–Crippen MR) is 54.9 cm³/mol. The van der Waals surface area contributed by atoms with Crippen LogP contribution < -0.4 is 0 Å². The zero-order valence-electron chi connectivity index (χ0n) is 8.01. The molecule has 2 rings (SSSR count). The first kappa shape index (κ1) is 9.09. The van der Waals surface area contributed by atoms with Crippen LogP contribution in [-0.4, -0.2) is 21.2 Å². The van der Waals surface area contributed by atoms with Gasteiger partial charge < -0.3 is 5.11 Å². The molecule has 0 aliphatic rings. The molecule has 0 aliphatic heterocycles. The second-order valence-corrected chi connectivity index (χ2v) is 3.40. The largest absolute Gasteiger partial charge is 0.393 e. The molecule has 0 aliphatic carbocycles. The Labute approximate surface area is 82.4 Å². The van der Waals surface area contributed by atoms with Gasteiger partial charge in [0.15, 0.2) is 0 Å². The van der Waals surface area contributed by atoms with Crippen LogP contribution in [0, 0.1) is 0 Å². The maximum Gasteiger partial charge on any atom is 0.0890 e. The Morgan fingerprint density at radius 2 is 2.00 bits per heavy atom. The third-order valence-corrected chi connectivity index (χ3v) is 2.00. The minimum Gasteiger partial charge on any atom is -0.393 e. The van der Waals surface area contributed by atoms with Crippen LogP contribution in [0.25, 0.3) is 11.0 Å². The summed E-state index contributed by atoms with van der Waals surface area (Å²) in [6, 6.07) is 7.72. The Kier molecular flexibility index (Phi) is 2.41. The van der Waals surface area contributed by atoms with Crippen molar-refractivity contribution in [2.75, 3.05) is 0 Å². The molecule has 0 saturated carbocycles. The molecule has 0 saturated heterocycles. The average molecular weight is 188 g/mol. The molecule has 2 aromatic rings. The van der Waals surface area contributed by atoms with Gasteiger partial charge in [0.05, 0.1) is 22.8 Å². The lowest BCUT2D eigenvalue weighted by Crippen LogP contribution is -2.06. The summed E-state index contributed by atoms with van der Waals surface area (Å²) >= 11 is 0. The van der Waals surface area contributed by atoms with Gasteiger partial charge in [-0.15, -0.1) is 0 Å². The van der Waals surface area contributed by atoms with Crippen LogP contribution in [0.15, 0.2) is 30.5 Å². The van der Waals surface area contributed by atoms with E-state index in [-0.39, 0.29) is 6.10 Å². The van der Waals surface area contributed by atoms with Gasteiger partial charge in [-0.05, 0) is 19.1 Å². The standard InChI is InChI=1S/C11H12N2O/c1-8(14)6-9-7-12-10-4-2-3-5-11(10)13-9/h2-5,7-8,14H,6H2,1H3. The van der Waals surface area contributed by atoms with Crippen molar-refractivity contribution in [1.82, 2.24) is 9.97 Å². The molecule has 0 radical (unpaired) electrons. The molecule has 72 valence electrons. The molecule has 1 aromatic heterocycles. The van der Waals surface area contributed by atoms with Crippen molar-refractivity contribution in [3.8, 4) is 0 Å². The highest BCUT2D eigenvalue weighted by molar-refractivity contribution is 5.73. The van der Waals surface area contributed by atoms with Crippen LogP contribution in [0.1, 0.15) is 12.6 Å². The number of rotatable bonds is 2. The van der Waals surface area contributed by atoms with Crippen molar-refractivity contribution >= 4 is 11.0 Å². The van der Waals surface area contributed by atoms with Crippen LogP contribution in [0.4, 0.5) is 0 Å². The van der Waals surface area contributed by atoms with Crippen molar-refractivity contribution in [2.45, 2.75) is 19.4 Å². The summed E-state index contributed by atoms with van der Waals surface area (Å²) in [5.41, 5.74) is 2.60. The predicted octanol–water partition coefficient (Wildman–Crippen LogP) is 1.55. The maximum absolute atomic E-state index is 9.21. The Bertz CT molecular complexity index is 440. The summed E-state index contributed by atoms with van der Waals surface area (Å²) in [5.74, 6) is 0. The molecule has 0 fully saturated rings. The third kappa shape index (κ3) is 1.88. The number of hydrogen-bond acceptors (Lipinski definition) is 3. The van der Waals surface area contributed by atoms with Gasteiger partial charge in [0, 0.05) is 12.6 Å². The summed E-state index contributed by atoms with van der Waals surface area (Å²) in [4.78, 5) is 8.65. The molecule has 1 unspecified atom stereocenters. The monoisotopic (exact) mass is 188 g/mol. The average Bonchev–Trinajstić information content (AvgIpc) is 2.17. The molecule has 14 heavy (non-hydrogen) atoms. The Hall–Kier alpha value is -1.48. The SMILES string of the molecule is CC(O)Cc1cnc2ccccc2n1. The minimum atomic E-state index is -0.370. The second kappa shape index (κ2) is 3.72. The lowest BCUT2D eigenvalue weighted by molar-refractivity contribution is 0.194. The number of fused-ring (bicyclic) bond motifs is 1. The first-order valence-electron chi connectivity index (χ1n) is 4.64. The van der Waals surface area contributed by atoms with E-state index in [0.29, 0.717) is 6.42 Å². The van der Waals surface area contributed by atoms with E-state index in [0.717, 1.165) is 16.7 Å². The molecule has 1 heterocycles. The highest BCUT2D eigenvalue weighted by atomic mass is 16.3. The van der Waals surface area contributed by atoms with E-state index in [1.807, 2.05) is 24.3 Å². The number of nitrogens with zero attached hydrogens (tertiary/aromatic N) is 2. The number of aliphatic hydroxyl groups is 1. The second-order valence-electron chi connectivity index (χ2n) is 3.40. The topological polar surface area (TPSA) is 46.0 Å². The zero-order chi connectivity index (χ0) is 9.97. The quantitative estimate of drug-likeness (QED) is 0.777. The lowest BCUT2D eigenvalue weighted by atomic mass is 10.2. The van der Waals surface area contributed by atoms with Gasteiger partial charge in [0.1, 0.15) is 0 Å². The van der Waals surface area contributed by atoms with E-state index >= 15 is 0 Å². The first-order valence-corrected chi connectivity index (χ1v) is 4.64. The van der Waals surface area contributed by atoms with E-state index in [1.54, 1.807) is 13.1 Å². The van der Waals surface area contributed by atoms with E-state index < -0.39 is 0 Å². The number of hydrogen-bond donors (Lipinski definition) is 1. The zero-order valence-corrected chi connectivity index (χ0v) is 8.01. The molecule has 3 heteroatoms. The van der Waals surface area contributed by atoms with Gasteiger partial charge in [-0.1, -0.05) is 12.1 Å². The highest BCUT2D eigenvalue weighted by Gasteiger charge is 2.02. The fraction of sp³-hybridized carbons (Fsp3) is 0.273. The van der Waals surface area contributed by atoms with Crippen molar-refractivity contribution in [2.24, 2.45) is 0 Å². The molecule has 3 nitrogen and oxygen atoms in total. The van der Waals surface area contributed by atoms with E-state index in [2.05, 4.69) is 9.97 Å².